The molecule has 0 N–H and O–H groups in total. The molecule has 5 saturated carbocycles. The predicted molar refractivity (Wildman–Crippen MR) is 130 cm³/mol. The molecule has 9 atom stereocenters. The van der Waals surface area contributed by atoms with Gasteiger partial charge >= 0.3 is 0 Å². The van der Waals surface area contributed by atoms with Crippen LogP contribution < -0.4 is 0 Å². The molecule has 0 radical (unpaired) electrons. The lowest BCUT2D eigenvalue weighted by Gasteiger charge is -2.72. The Morgan fingerprint density at radius 3 is 2.23 bits per heavy atom. The Bertz CT molecular complexity index is 786. The van der Waals surface area contributed by atoms with Gasteiger partial charge in [-0.2, -0.15) is 4.91 Å². The van der Waals surface area contributed by atoms with Gasteiger partial charge in [0.2, 0.25) is 0 Å². The third kappa shape index (κ3) is 2.63. The number of hydrogen-bond acceptors (Lipinski definition) is 2. The van der Waals surface area contributed by atoms with Crippen molar-refractivity contribution in [2.75, 3.05) is 0 Å². The van der Waals surface area contributed by atoms with Crippen LogP contribution in [-0.4, -0.2) is 5.54 Å². The van der Waals surface area contributed by atoms with Crippen LogP contribution in [0.3, 0.4) is 0 Å². The van der Waals surface area contributed by atoms with Gasteiger partial charge in [0.15, 0.2) is 0 Å². The smallest absolute Gasteiger partial charge is 0.106 e. The minimum absolute atomic E-state index is 0.301. The second-order valence-corrected chi connectivity index (χ2v) is 14.2. The molecule has 5 aliphatic rings. The van der Waals surface area contributed by atoms with Crippen LogP contribution in [0.4, 0.5) is 0 Å². The van der Waals surface area contributed by atoms with E-state index < -0.39 is 0 Å². The maximum Gasteiger partial charge on any atom is 0.106 e. The van der Waals surface area contributed by atoms with Crippen LogP contribution in [-0.2, 0) is 0 Å². The zero-order chi connectivity index (χ0) is 22.4. The summed E-state index contributed by atoms with van der Waals surface area (Å²) in [5.41, 5.74) is 2.71. The molecule has 0 aliphatic heterocycles. The van der Waals surface area contributed by atoms with Crippen LogP contribution in [0.5, 0.6) is 0 Å². The highest BCUT2D eigenvalue weighted by Crippen LogP contribution is 2.76. The number of rotatable bonds is 2. The van der Waals surface area contributed by atoms with Gasteiger partial charge in [-0.1, -0.05) is 58.4 Å². The van der Waals surface area contributed by atoms with E-state index in [2.05, 4.69) is 53.3 Å². The maximum absolute atomic E-state index is 12.3. The van der Waals surface area contributed by atoms with Crippen molar-refractivity contribution in [3.63, 3.8) is 0 Å². The molecule has 0 spiro atoms. The van der Waals surface area contributed by atoms with Crippen molar-refractivity contribution in [1.82, 2.24) is 0 Å². The first kappa shape index (κ1) is 22.1. The van der Waals surface area contributed by atoms with Gasteiger partial charge in [-0.3, -0.25) is 0 Å². The molecular formula is C29H47NO. The van der Waals surface area contributed by atoms with Gasteiger partial charge in [0.05, 0.1) is 0 Å². The Labute approximate surface area is 191 Å². The van der Waals surface area contributed by atoms with Crippen molar-refractivity contribution in [2.24, 2.45) is 56.4 Å². The third-order valence-electron chi connectivity index (χ3n) is 13.0. The van der Waals surface area contributed by atoms with E-state index in [1.165, 1.54) is 56.9 Å². The number of nitroso groups, excluding NO2 is 1. The van der Waals surface area contributed by atoms with Crippen LogP contribution in [0.15, 0.2) is 17.3 Å². The predicted octanol–water partition coefficient (Wildman–Crippen LogP) is 8.55. The number of fused-ring (bicyclic) bond motifs is 7. The van der Waals surface area contributed by atoms with Gasteiger partial charge in [-0.25, -0.2) is 0 Å². The summed E-state index contributed by atoms with van der Waals surface area (Å²) in [6.07, 6.45) is 14.1. The first-order valence-corrected chi connectivity index (χ1v) is 13.5. The van der Waals surface area contributed by atoms with Gasteiger partial charge in [0.1, 0.15) is 5.54 Å². The highest BCUT2D eigenvalue weighted by Gasteiger charge is 2.70. The fraction of sp³-hybridized carbons (Fsp3) is 0.931. The Balaban J connectivity index is 1.56. The molecule has 5 fully saturated rings. The van der Waals surface area contributed by atoms with E-state index in [0.29, 0.717) is 39.4 Å². The molecule has 0 bridgehead atoms. The van der Waals surface area contributed by atoms with E-state index in [1.807, 2.05) is 0 Å². The summed E-state index contributed by atoms with van der Waals surface area (Å²) in [6.45, 7) is 19.8. The Hall–Kier alpha value is -0.660. The average Bonchev–Trinajstić information content (AvgIpc) is 3.08. The Morgan fingerprint density at radius 1 is 0.806 bits per heavy atom. The van der Waals surface area contributed by atoms with Crippen LogP contribution in [0.1, 0.15) is 112 Å². The highest BCUT2D eigenvalue weighted by molar-refractivity contribution is 5.23. The SMILES string of the molecule is C=C(C)C1CCC2(N=O)CCC3(C)C(CCC4C5(C)CCCC(C)(C)C5CCC43C)C12. The number of nitrogens with zero attached hydrogens (tertiary/aromatic N) is 1. The maximum atomic E-state index is 12.3. The summed E-state index contributed by atoms with van der Waals surface area (Å²) in [5, 5.41) is 3.93. The van der Waals surface area contributed by atoms with Crippen LogP contribution in [0.2, 0.25) is 0 Å². The number of hydrogen-bond donors (Lipinski definition) is 0. The summed E-state index contributed by atoms with van der Waals surface area (Å²) in [6, 6.07) is 0. The van der Waals surface area contributed by atoms with Gasteiger partial charge in [-0.05, 0) is 122 Å². The molecule has 5 rings (SSSR count). The zero-order valence-corrected chi connectivity index (χ0v) is 21.2. The van der Waals surface area contributed by atoms with Crippen molar-refractivity contribution in [3.8, 4) is 0 Å². The molecule has 0 saturated heterocycles. The molecule has 0 amide bonds. The molecule has 2 nitrogen and oxygen atoms in total. The fourth-order valence-electron chi connectivity index (χ4n) is 11.4. The highest BCUT2D eigenvalue weighted by atomic mass is 16.3. The van der Waals surface area contributed by atoms with Gasteiger partial charge in [-0.15, -0.1) is 0 Å². The lowest BCUT2D eigenvalue weighted by Crippen LogP contribution is -2.66. The van der Waals surface area contributed by atoms with Crippen LogP contribution in [0.25, 0.3) is 0 Å². The van der Waals surface area contributed by atoms with Crippen LogP contribution >= 0.6 is 0 Å². The average molecular weight is 426 g/mol. The van der Waals surface area contributed by atoms with Crippen molar-refractivity contribution in [1.29, 1.82) is 0 Å². The molecule has 0 heterocycles. The zero-order valence-electron chi connectivity index (χ0n) is 21.2. The van der Waals surface area contributed by atoms with Crippen LogP contribution in [0, 0.1) is 56.2 Å². The minimum Gasteiger partial charge on any atom is -0.150 e. The topological polar surface area (TPSA) is 29.4 Å². The largest absolute Gasteiger partial charge is 0.150 e. The molecule has 0 aromatic heterocycles. The standard InChI is InChI=1S/C29H47NO/c1-19(2)20-11-16-29(30-31)18-17-27(6)21(24(20)29)9-10-23-26(5)14-8-13-25(3,4)22(26)12-15-28(23,27)7/h20-24H,1,8-18H2,2-7H3. The fourth-order valence-corrected chi connectivity index (χ4v) is 11.4. The second kappa shape index (κ2) is 6.69. The molecule has 0 aromatic carbocycles. The summed E-state index contributed by atoms with van der Waals surface area (Å²) >= 11 is 0. The van der Waals surface area contributed by atoms with E-state index in [4.69, 9.17) is 0 Å². The summed E-state index contributed by atoms with van der Waals surface area (Å²) < 4.78 is 0. The van der Waals surface area contributed by atoms with E-state index in [1.54, 1.807) is 0 Å². The van der Waals surface area contributed by atoms with E-state index in [9.17, 15) is 4.91 Å². The lowest BCUT2D eigenvalue weighted by molar-refractivity contribution is -0.229. The molecule has 31 heavy (non-hydrogen) atoms. The first-order chi connectivity index (χ1) is 14.5. The number of allylic oxidation sites excluding steroid dienone is 1. The van der Waals surface area contributed by atoms with Crippen molar-refractivity contribution < 1.29 is 0 Å². The normalized spacial score (nSPS) is 55.4. The van der Waals surface area contributed by atoms with Gasteiger partial charge in [0, 0.05) is 0 Å². The minimum atomic E-state index is -0.301. The molecule has 5 aliphatic carbocycles. The van der Waals surface area contributed by atoms with E-state index >= 15 is 0 Å². The monoisotopic (exact) mass is 425 g/mol. The molecular weight excluding hydrogens is 378 g/mol. The lowest BCUT2D eigenvalue weighted by atomic mass is 9.33. The molecule has 2 heteroatoms. The summed E-state index contributed by atoms with van der Waals surface area (Å²) in [4.78, 5) is 12.3. The van der Waals surface area contributed by atoms with Crippen molar-refractivity contribution in [3.05, 3.63) is 17.1 Å². The van der Waals surface area contributed by atoms with Gasteiger partial charge in [0.25, 0.3) is 0 Å². The molecule has 9 unspecified atom stereocenters. The molecule has 174 valence electrons. The quantitative estimate of drug-likeness (QED) is 0.322. The summed E-state index contributed by atoms with van der Waals surface area (Å²) in [5.74, 6) is 3.29. The van der Waals surface area contributed by atoms with Crippen molar-refractivity contribution >= 4 is 0 Å². The second-order valence-electron chi connectivity index (χ2n) is 14.2. The molecule has 0 aromatic rings. The first-order valence-electron chi connectivity index (χ1n) is 13.5. The van der Waals surface area contributed by atoms with E-state index in [0.717, 1.165) is 31.1 Å². The van der Waals surface area contributed by atoms with Gasteiger partial charge < -0.3 is 0 Å². The van der Waals surface area contributed by atoms with Crippen molar-refractivity contribution in [2.45, 2.75) is 118 Å². The Kier molecular flexibility index (Phi) is 4.78. The third-order valence-corrected chi connectivity index (χ3v) is 13.0. The Morgan fingerprint density at radius 2 is 1.55 bits per heavy atom. The van der Waals surface area contributed by atoms with E-state index in [-0.39, 0.29) is 5.54 Å². The summed E-state index contributed by atoms with van der Waals surface area (Å²) in [7, 11) is 0.